The van der Waals surface area contributed by atoms with Crippen LogP contribution in [0.4, 0.5) is 0 Å². The largest absolute Gasteiger partial charge is 0.466 e. The van der Waals surface area contributed by atoms with Crippen LogP contribution in [0.25, 0.3) is 0 Å². The van der Waals surface area contributed by atoms with Gasteiger partial charge in [0.25, 0.3) is 0 Å². The molecule has 0 amide bonds. The van der Waals surface area contributed by atoms with Crippen molar-refractivity contribution in [2.75, 3.05) is 23.9 Å². The molecule has 14 heavy (non-hydrogen) atoms. The minimum Gasteiger partial charge on any atom is -0.396 e. The van der Waals surface area contributed by atoms with E-state index in [-0.39, 0.29) is 18.6 Å². The molecule has 0 fully saturated rings. The molecule has 0 saturated heterocycles. The monoisotopic (exact) mass is 358 g/mol. The first-order valence-electron chi connectivity index (χ1n) is 3.36. The Morgan fingerprint density at radius 3 is 1.21 bits per heavy atom. The molecule has 9 heteroatoms. The van der Waals surface area contributed by atoms with E-state index >= 15 is 0 Å². The van der Waals surface area contributed by atoms with Crippen LogP contribution in [0.3, 0.4) is 0 Å². The lowest BCUT2D eigenvalue weighted by molar-refractivity contribution is 0.0952. The fraction of sp³-hybridized carbons (Fsp3) is 1.00. The maximum Gasteiger partial charge on any atom is 0.466 e. The van der Waals surface area contributed by atoms with Crippen molar-refractivity contribution in [1.82, 2.24) is 0 Å². The molecule has 0 heterocycles. The molecule has 88 valence electrons. The molecule has 0 aliphatic rings. The van der Waals surface area contributed by atoms with Crippen LogP contribution in [0.15, 0.2) is 0 Å². The molecule has 6 nitrogen and oxygen atoms in total. The summed E-state index contributed by atoms with van der Waals surface area (Å²) >= 11 is 6.41. The van der Waals surface area contributed by atoms with E-state index in [1.165, 1.54) is 0 Å². The van der Waals surface area contributed by atoms with Gasteiger partial charge in [0.2, 0.25) is 0 Å². The van der Waals surface area contributed by atoms with Gasteiger partial charge in [-0.1, -0.05) is 31.9 Å². The Kier molecular flexibility index (Phi) is 10.2. The Balaban J connectivity index is 0. The van der Waals surface area contributed by atoms with E-state index < -0.39 is 7.82 Å². The molecule has 0 aliphatic carbocycles. The number of halogens is 2. The highest BCUT2D eigenvalue weighted by Crippen LogP contribution is 2.25. The van der Waals surface area contributed by atoms with Crippen molar-refractivity contribution in [3.05, 3.63) is 0 Å². The summed E-state index contributed by atoms with van der Waals surface area (Å²) in [7, 11) is -4.64. The van der Waals surface area contributed by atoms with Gasteiger partial charge in [-0.15, -0.1) is 0 Å². The number of hydrogen-bond donors (Lipinski definition) is 5. The zero-order valence-electron chi connectivity index (χ0n) is 7.18. The van der Waals surface area contributed by atoms with Crippen LogP contribution in [-0.2, 0) is 4.57 Å². The molecule has 0 saturated carbocycles. The zero-order valence-corrected chi connectivity index (χ0v) is 11.2. The first kappa shape index (κ1) is 17.4. The predicted molar refractivity (Wildman–Crippen MR) is 58.5 cm³/mol. The molecule has 0 unspecified atom stereocenters. The van der Waals surface area contributed by atoms with E-state index in [1.54, 1.807) is 0 Å². The van der Waals surface area contributed by atoms with Crippen LogP contribution in [0.2, 0.25) is 0 Å². The van der Waals surface area contributed by atoms with Crippen LogP contribution >= 0.6 is 39.7 Å². The minimum absolute atomic E-state index is 0. The Labute approximate surface area is 98.5 Å². The minimum atomic E-state index is -4.64. The number of alkyl halides is 2. The summed E-state index contributed by atoms with van der Waals surface area (Å²) in [6, 6.07) is 0. The van der Waals surface area contributed by atoms with Gasteiger partial charge in [-0.05, 0) is 0 Å². The third-order valence-corrected chi connectivity index (χ3v) is 3.62. The lowest BCUT2D eigenvalue weighted by Crippen LogP contribution is -2.33. The first-order valence-corrected chi connectivity index (χ1v) is 7.17. The number of aliphatic hydroxyl groups is 2. The molecular weight excluding hydrogens is 347 g/mol. The predicted octanol–water partition coefficient (Wildman–Crippen LogP) is -0.181. The topological polar surface area (TPSA) is 118 Å². The number of rotatable bonds is 4. The second kappa shape index (κ2) is 8.18. The second-order valence-electron chi connectivity index (χ2n) is 2.60. The first-order chi connectivity index (χ1) is 6.24. The standard InChI is InChI=1S/C5H10Br2O2.H3O4P/c6-1-5(2-7,3-8)4-9;1-5(2,3)4/h8-9H,1-4H2;(H3,1,2,3,4). The molecular formula is C5H13Br2O6P. The van der Waals surface area contributed by atoms with Gasteiger partial charge in [0.05, 0.1) is 13.2 Å². The van der Waals surface area contributed by atoms with Crippen molar-refractivity contribution in [1.29, 1.82) is 0 Å². The molecule has 0 aromatic rings. The molecule has 0 aliphatic heterocycles. The van der Waals surface area contributed by atoms with E-state index in [9.17, 15) is 0 Å². The smallest absolute Gasteiger partial charge is 0.396 e. The van der Waals surface area contributed by atoms with Crippen molar-refractivity contribution in [3.63, 3.8) is 0 Å². The molecule has 0 spiro atoms. The molecule has 0 atom stereocenters. The molecule has 0 aromatic carbocycles. The number of aliphatic hydroxyl groups excluding tert-OH is 2. The van der Waals surface area contributed by atoms with Crippen molar-refractivity contribution in [3.8, 4) is 0 Å². The van der Waals surface area contributed by atoms with Crippen molar-refractivity contribution in [2.24, 2.45) is 5.41 Å². The quantitative estimate of drug-likeness (QED) is 0.351. The average Bonchev–Trinajstić information content (AvgIpc) is 2.07. The molecule has 5 N–H and O–H groups in total. The maximum atomic E-state index is 8.88. The molecule has 0 radical (unpaired) electrons. The van der Waals surface area contributed by atoms with E-state index in [4.69, 9.17) is 29.5 Å². The highest BCUT2D eigenvalue weighted by atomic mass is 79.9. The fourth-order valence-corrected chi connectivity index (χ4v) is 1.89. The normalized spacial score (nSPS) is 11.9. The summed E-state index contributed by atoms with van der Waals surface area (Å²) < 4.78 is 8.88. The van der Waals surface area contributed by atoms with E-state index in [0.29, 0.717) is 10.7 Å². The summed E-state index contributed by atoms with van der Waals surface area (Å²) in [6.07, 6.45) is 0. The molecule has 0 bridgehead atoms. The van der Waals surface area contributed by atoms with E-state index in [0.717, 1.165) is 0 Å². The van der Waals surface area contributed by atoms with Gasteiger partial charge in [0, 0.05) is 16.1 Å². The van der Waals surface area contributed by atoms with Crippen LogP contribution in [0.1, 0.15) is 0 Å². The van der Waals surface area contributed by atoms with E-state index in [2.05, 4.69) is 31.9 Å². The van der Waals surface area contributed by atoms with Crippen LogP contribution in [0, 0.1) is 5.41 Å². The third-order valence-electron chi connectivity index (χ3n) is 1.24. The van der Waals surface area contributed by atoms with Crippen molar-refractivity contribution >= 4 is 39.7 Å². The average molecular weight is 360 g/mol. The second-order valence-corrected chi connectivity index (χ2v) is 4.74. The Hall–Kier alpha value is 0.990. The molecule has 0 aromatic heterocycles. The molecule has 0 rings (SSSR count). The van der Waals surface area contributed by atoms with Crippen molar-refractivity contribution in [2.45, 2.75) is 0 Å². The fourth-order valence-electron chi connectivity index (χ4n) is 0.255. The van der Waals surface area contributed by atoms with Crippen LogP contribution in [-0.4, -0.2) is 48.8 Å². The summed E-state index contributed by atoms with van der Waals surface area (Å²) in [4.78, 5) is 21.6. The third kappa shape index (κ3) is 11.1. The summed E-state index contributed by atoms with van der Waals surface area (Å²) in [5, 5.41) is 18.7. The number of phosphoric acid groups is 1. The Bertz CT molecular complexity index is 153. The van der Waals surface area contributed by atoms with E-state index in [1.807, 2.05) is 0 Å². The summed E-state index contributed by atoms with van der Waals surface area (Å²) in [6.45, 7) is 0. The highest BCUT2D eigenvalue weighted by molar-refractivity contribution is 9.09. The summed E-state index contributed by atoms with van der Waals surface area (Å²) in [5.74, 6) is 0. The van der Waals surface area contributed by atoms with Crippen LogP contribution in [0.5, 0.6) is 0 Å². The Morgan fingerprint density at radius 1 is 1.00 bits per heavy atom. The van der Waals surface area contributed by atoms with Gasteiger partial charge in [0.15, 0.2) is 0 Å². The lowest BCUT2D eigenvalue weighted by atomic mass is 9.97. The Morgan fingerprint density at radius 2 is 1.21 bits per heavy atom. The van der Waals surface area contributed by atoms with Crippen molar-refractivity contribution < 1.29 is 29.5 Å². The SMILES string of the molecule is O=P(O)(O)O.OCC(CO)(CBr)CBr. The lowest BCUT2D eigenvalue weighted by Gasteiger charge is -2.23. The summed E-state index contributed by atoms with van der Waals surface area (Å²) in [5.41, 5.74) is -0.389. The van der Waals surface area contributed by atoms with Gasteiger partial charge in [0.1, 0.15) is 0 Å². The maximum absolute atomic E-state index is 8.88. The zero-order chi connectivity index (χ0) is 11.8. The van der Waals surface area contributed by atoms with Gasteiger partial charge in [-0.3, -0.25) is 0 Å². The van der Waals surface area contributed by atoms with Gasteiger partial charge < -0.3 is 24.9 Å². The van der Waals surface area contributed by atoms with Gasteiger partial charge in [-0.2, -0.15) is 0 Å². The van der Waals surface area contributed by atoms with Crippen LogP contribution < -0.4 is 0 Å². The van der Waals surface area contributed by atoms with Gasteiger partial charge >= 0.3 is 7.82 Å². The number of hydrogen-bond acceptors (Lipinski definition) is 3. The highest BCUT2D eigenvalue weighted by Gasteiger charge is 2.25. The van der Waals surface area contributed by atoms with Gasteiger partial charge in [-0.25, -0.2) is 4.57 Å².